The maximum Gasteiger partial charge on any atom is 0.323 e. The molecule has 21 heavy (non-hydrogen) atoms. The molecule has 2 rings (SSSR count). The lowest BCUT2D eigenvalue weighted by Crippen LogP contribution is -2.39. The molecule has 0 amide bonds. The molecule has 0 bridgehead atoms. The molecule has 1 unspecified atom stereocenters. The Labute approximate surface area is 125 Å². The highest BCUT2D eigenvalue weighted by molar-refractivity contribution is 5.76. The third-order valence-electron chi connectivity index (χ3n) is 3.40. The number of imidazole rings is 1. The molecule has 5 heteroatoms. The summed E-state index contributed by atoms with van der Waals surface area (Å²) >= 11 is 0. The molecule has 0 saturated carbocycles. The van der Waals surface area contributed by atoms with Crippen LogP contribution < -0.4 is 5.32 Å². The molecule has 0 aliphatic carbocycles. The first-order chi connectivity index (χ1) is 10.3. The Kier molecular flexibility index (Phi) is 5.75. The molecule has 5 nitrogen and oxygen atoms in total. The van der Waals surface area contributed by atoms with Crippen LogP contribution in [0.25, 0.3) is 11.0 Å². The molecule has 1 atom stereocenters. The van der Waals surface area contributed by atoms with Crippen LogP contribution in [0.5, 0.6) is 0 Å². The standard InChI is InChI=1S/C16H23N3O2/c1-3-10-17-14(16(20)21-4-2)9-11-19-12-18-13-7-5-6-8-15(13)19/h5-8,12,14,17H,3-4,9-11H2,1-2H3. The van der Waals surface area contributed by atoms with E-state index < -0.39 is 0 Å². The summed E-state index contributed by atoms with van der Waals surface area (Å²) in [5.74, 6) is -0.171. The van der Waals surface area contributed by atoms with Crippen molar-refractivity contribution in [1.29, 1.82) is 0 Å². The van der Waals surface area contributed by atoms with Crippen LogP contribution in [0.3, 0.4) is 0 Å². The summed E-state index contributed by atoms with van der Waals surface area (Å²) in [6, 6.07) is 7.75. The van der Waals surface area contributed by atoms with E-state index in [1.54, 1.807) is 0 Å². The predicted octanol–water partition coefficient (Wildman–Crippen LogP) is 2.36. The third kappa shape index (κ3) is 4.04. The van der Waals surface area contributed by atoms with Gasteiger partial charge in [-0.15, -0.1) is 0 Å². The number of nitrogens with zero attached hydrogens (tertiary/aromatic N) is 2. The fraction of sp³-hybridized carbons (Fsp3) is 0.500. The minimum atomic E-state index is -0.258. The van der Waals surface area contributed by atoms with Crippen molar-refractivity contribution in [2.24, 2.45) is 0 Å². The van der Waals surface area contributed by atoms with Crippen molar-refractivity contribution in [3.63, 3.8) is 0 Å². The van der Waals surface area contributed by atoms with Gasteiger partial charge in [-0.05, 0) is 38.4 Å². The van der Waals surface area contributed by atoms with Crippen molar-refractivity contribution in [3.05, 3.63) is 30.6 Å². The SMILES string of the molecule is CCCNC(CCn1cnc2ccccc21)C(=O)OCC. The predicted molar refractivity (Wildman–Crippen MR) is 83.1 cm³/mol. The largest absolute Gasteiger partial charge is 0.465 e. The summed E-state index contributed by atoms with van der Waals surface area (Å²) < 4.78 is 7.21. The van der Waals surface area contributed by atoms with E-state index in [1.807, 2.05) is 37.5 Å². The van der Waals surface area contributed by atoms with Crippen molar-refractivity contribution in [2.75, 3.05) is 13.2 Å². The monoisotopic (exact) mass is 289 g/mol. The molecule has 0 radical (unpaired) electrons. The van der Waals surface area contributed by atoms with E-state index in [1.165, 1.54) is 0 Å². The van der Waals surface area contributed by atoms with Gasteiger partial charge in [0.05, 0.1) is 24.0 Å². The van der Waals surface area contributed by atoms with E-state index in [4.69, 9.17) is 4.74 Å². The molecule has 0 aliphatic rings. The number of esters is 1. The Morgan fingerprint density at radius 3 is 2.95 bits per heavy atom. The van der Waals surface area contributed by atoms with Crippen LogP contribution in [0.4, 0.5) is 0 Å². The van der Waals surface area contributed by atoms with Crippen molar-refractivity contribution in [3.8, 4) is 0 Å². The number of aryl methyl sites for hydroxylation is 1. The van der Waals surface area contributed by atoms with E-state index in [0.29, 0.717) is 13.0 Å². The van der Waals surface area contributed by atoms with Crippen LogP contribution in [-0.4, -0.2) is 34.7 Å². The van der Waals surface area contributed by atoms with Crippen LogP contribution in [0.2, 0.25) is 0 Å². The van der Waals surface area contributed by atoms with E-state index in [-0.39, 0.29) is 12.0 Å². The molecule has 0 spiro atoms. The van der Waals surface area contributed by atoms with Crippen LogP contribution in [0.1, 0.15) is 26.7 Å². The van der Waals surface area contributed by atoms with Gasteiger partial charge in [0.25, 0.3) is 0 Å². The number of carbonyl (C=O) groups excluding carboxylic acids is 1. The number of nitrogens with one attached hydrogen (secondary N) is 1. The smallest absolute Gasteiger partial charge is 0.323 e. The molecule has 0 saturated heterocycles. The molecular weight excluding hydrogens is 266 g/mol. The minimum absolute atomic E-state index is 0.171. The quantitative estimate of drug-likeness (QED) is 0.758. The Balaban J connectivity index is 2.01. The highest BCUT2D eigenvalue weighted by atomic mass is 16.5. The van der Waals surface area contributed by atoms with Gasteiger partial charge in [-0.3, -0.25) is 4.79 Å². The van der Waals surface area contributed by atoms with Crippen molar-refractivity contribution in [2.45, 2.75) is 39.3 Å². The number of rotatable bonds is 8. The Morgan fingerprint density at radius 2 is 2.19 bits per heavy atom. The summed E-state index contributed by atoms with van der Waals surface area (Å²) in [6.45, 7) is 5.88. The topological polar surface area (TPSA) is 56.2 Å². The van der Waals surface area contributed by atoms with Crippen molar-refractivity contribution in [1.82, 2.24) is 14.9 Å². The highest BCUT2D eigenvalue weighted by Gasteiger charge is 2.18. The Morgan fingerprint density at radius 1 is 1.38 bits per heavy atom. The summed E-state index contributed by atoms with van der Waals surface area (Å²) in [5.41, 5.74) is 2.07. The van der Waals surface area contributed by atoms with Crippen LogP contribution in [0, 0.1) is 0 Å². The Hall–Kier alpha value is -1.88. The first kappa shape index (κ1) is 15.5. The summed E-state index contributed by atoms with van der Waals surface area (Å²) in [4.78, 5) is 16.3. The highest BCUT2D eigenvalue weighted by Crippen LogP contribution is 2.13. The van der Waals surface area contributed by atoms with E-state index in [2.05, 4.69) is 21.8 Å². The lowest BCUT2D eigenvalue weighted by Gasteiger charge is -2.17. The fourth-order valence-corrected chi connectivity index (χ4v) is 2.32. The number of hydrogen-bond acceptors (Lipinski definition) is 4. The first-order valence-corrected chi connectivity index (χ1v) is 7.56. The summed E-state index contributed by atoms with van der Waals surface area (Å²) in [7, 11) is 0. The van der Waals surface area contributed by atoms with Gasteiger partial charge in [0.1, 0.15) is 6.04 Å². The summed E-state index contributed by atoms with van der Waals surface area (Å²) in [5, 5.41) is 3.26. The lowest BCUT2D eigenvalue weighted by atomic mass is 10.2. The molecule has 114 valence electrons. The van der Waals surface area contributed by atoms with E-state index >= 15 is 0 Å². The molecule has 0 fully saturated rings. The number of fused-ring (bicyclic) bond motifs is 1. The summed E-state index contributed by atoms with van der Waals surface area (Å²) in [6.07, 6.45) is 3.51. The second kappa shape index (κ2) is 7.78. The number of hydrogen-bond donors (Lipinski definition) is 1. The lowest BCUT2D eigenvalue weighted by molar-refractivity contribution is -0.145. The van der Waals surface area contributed by atoms with Crippen LogP contribution in [-0.2, 0) is 16.1 Å². The fourth-order valence-electron chi connectivity index (χ4n) is 2.32. The average molecular weight is 289 g/mol. The number of para-hydroxylation sites is 2. The number of carbonyl (C=O) groups is 1. The maximum absolute atomic E-state index is 12.0. The van der Waals surface area contributed by atoms with Gasteiger partial charge in [-0.1, -0.05) is 19.1 Å². The molecule has 1 aromatic heterocycles. The van der Waals surface area contributed by atoms with Crippen LogP contribution >= 0.6 is 0 Å². The van der Waals surface area contributed by atoms with Gasteiger partial charge in [-0.25, -0.2) is 4.98 Å². The molecule has 1 heterocycles. The maximum atomic E-state index is 12.0. The zero-order chi connectivity index (χ0) is 15.1. The van der Waals surface area contributed by atoms with Gasteiger partial charge in [0.2, 0.25) is 0 Å². The van der Waals surface area contributed by atoms with E-state index in [9.17, 15) is 4.79 Å². The second-order valence-corrected chi connectivity index (χ2v) is 4.97. The van der Waals surface area contributed by atoms with Crippen LogP contribution in [0.15, 0.2) is 30.6 Å². The molecule has 0 aliphatic heterocycles. The number of aromatic nitrogens is 2. The van der Waals surface area contributed by atoms with Gasteiger partial charge >= 0.3 is 5.97 Å². The normalized spacial score (nSPS) is 12.5. The third-order valence-corrected chi connectivity index (χ3v) is 3.40. The van der Waals surface area contributed by atoms with Gasteiger partial charge in [-0.2, -0.15) is 0 Å². The number of benzene rings is 1. The van der Waals surface area contributed by atoms with Gasteiger partial charge in [0.15, 0.2) is 0 Å². The van der Waals surface area contributed by atoms with Gasteiger partial charge in [0, 0.05) is 6.54 Å². The average Bonchev–Trinajstić information content (AvgIpc) is 2.91. The number of ether oxygens (including phenoxy) is 1. The zero-order valence-electron chi connectivity index (χ0n) is 12.7. The Bertz CT molecular complexity index is 580. The zero-order valence-corrected chi connectivity index (χ0v) is 12.7. The molecule has 1 N–H and O–H groups in total. The van der Waals surface area contributed by atoms with Crippen molar-refractivity contribution < 1.29 is 9.53 Å². The second-order valence-electron chi connectivity index (χ2n) is 4.97. The molecular formula is C16H23N3O2. The first-order valence-electron chi connectivity index (χ1n) is 7.56. The van der Waals surface area contributed by atoms with E-state index in [0.717, 1.165) is 30.5 Å². The minimum Gasteiger partial charge on any atom is -0.465 e. The van der Waals surface area contributed by atoms with Gasteiger partial charge < -0.3 is 14.6 Å². The molecule has 1 aromatic carbocycles. The van der Waals surface area contributed by atoms with Crippen molar-refractivity contribution >= 4 is 17.0 Å². The molecule has 2 aromatic rings.